The maximum absolute atomic E-state index is 13.1. The van der Waals surface area contributed by atoms with Gasteiger partial charge in [0, 0.05) is 5.02 Å². The number of halogens is 1. The van der Waals surface area contributed by atoms with Crippen molar-refractivity contribution in [3.63, 3.8) is 0 Å². The number of rotatable bonds is 10. The molecule has 0 bridgehead atoms. The van der Waals surface area contributed by atoms with Gasteiger partial charge in [0.25, 0.3) is 11.8 Å². The van der Waals surface area contributed by atoms with Crippen molar-refractivity contribution in [2.24, 2.45) is 0 Å². The Bertz CT molecular complexity index is 1420. The minimum Gasteiger partial charge on any atom is -0.490 e. The number of carbonyl (C=O) groups is 3. The summed E-state index contributed by atoms with van der Waals surface area (Å²) in [4.78, 5) is 39.0. The fourth-order valence-electron chi connectivity index (χ4n) is 4.07. The zero-order valence-electron chi connectivity index (χ0n) is 22.0. The molecule has 4 rings (SSSR count). The number of anilines is 1. The number of carbonyl (C=O) groups excluding carboxylic acids is 3. The van der Waals surface area contributed by atoms with Crippen LogP contribution in [0.1, 0.15) is 30.5 Å². The van der Waals surface area contributed by atoms with Gasteiger partial charge in [-0.3, -0.25) is 14.9 Å². The summed E-state index contributed by atoms with van der Waals surface area (Å²) < 4.78 is 17.5. The Kier molecular flexibility index (Phi) is 8.88. The van der Waals surface area contributed by atoms with Crippen LogP contribution in [-0.4, -0.2) is 37.7 Å². The second-order valence-electron chi connectivity index (χ2n) is 8.78. The van der Waals surface area contributed by atoms with E-state index in [1.54, 1.807) is 30.3 Å². The molecule has 0 spiro atoms. The zero-order valence-corrected chi connectivity index (χ0v) is 22.7. The Morgan fingerprint density at radius 2 is 1.62 bits per heavy atom. The summed E-state index contributed by atoms with van der Waals surface area (Å²) in [5, 5.41) is 2.66. The minimum atomic E-state index is -0.831. The maximum atomic E-state index is 13.1. The predicted molar refractivity (Wildman–Crippen MR) is 150 cm³/mol. The lowest BCUT2D eigenvalue weighted by Gasteiger charge is -2.26. The van der Waals surface area contributed by atoms with E-state index < -0.39 is 17.8 Å². The molecule has 1 saturated heterocycles. The Morgan fingerprint density at radius 3 is 2.33 bits per heavy atom. The van der Waals surface area contributed by atoms with Gasteiger partial charge < -0.3 is 14.2 Å². The summed E-state index contributed by atoms with van der Waals surface area (Å²) in [7, 11) is 0. The molecule has 0 radical (unpaired) electrons. The minimum absolute atomic E-state index is 0.196. The van der Waals surface area contributed by atoms with Crippen molar-refractivity contribution in [1.29, 1.82) is 0 Å². The summed E-state index contributed by atoms with van der Waals surface area (Å²) in [5.41, 5.74) is 2.97. The van der Waals surface area contributed by atoms with Gasteiger partial charge in [-0.25, -0.2) is 9.69 Å². The predicted octanol–water partition coefficient (Wildman–Crippen LogP) is 5.73. The maximum Gasteiger partial charge on any atom is 0.335 e. The van der Waals surface area contributed by atoms with Crippen molar-refractivity contribution in [2.45, 2.75) is 27.2 Å². The number of imide groups is 2. The van der Waals surface area contributed by atoms with Crippen LogP contribution >= 0.6 is 11.6 Å². The Labute approximate surface area is 232 Å². The molecule has 0 aromatic heterocycles. The van der Waals surface area contributed by atoms with Crippen LogP contribution in [0.3, 0.4) is 0 Å². The summed E-state index contributed by atoms with van der Waals surface area (Å²) in [6, 6.07) is 16.5. The number of urea groups is 1. The van der Waals surface area contributed by atoms with Gasteiger partial charge in [0.2, 0.25) is 0 Å². The second kappa shape index (κ2) is 12.5. The lowest BCUT2D eigenvalue weighted by molar-refractivity contribution is -0.122. The molecule has 0 atom stereocenters. The van der Waals surface area contributed by atoms with Crippen molar-refractivity contribution in [3.05, 3.63) is 87.9 Å². The topological polar surface area (TPSA) is 94.2 Å². The normalized spacial score (nSPS) is 14.4. The van der Waals surface area contributed by atoms with Crippen molar-refractivity contribution in [3.8, 4) is 17.2 Å². The molecular weight excluding hydrogens is 520 g/mol. The van der Waals surface area contributed by atoms with Gasteiger partial charge in [0.1, 0.15) is 24.5 Å². The molecule has 8 nitrogen and oxygen atoms in total. The highest BCUT2D eigenvalue weighted by molar-refractivity contribution is 6.39. The number of barbiturate groups is 1. The van der Waals surface area contributed by atoms with E-state index in [4.69, 9.17) is 25.8 Å². The SMILES string of the molecule is CCOc1cc(C=C2C(=O)NC(=O)N(c3ccc(Cl)cc3)C2=O)ccc1OCCOc1cc(C)cc(CC)c1. The van der Waals surface area contributed by atoms with E-state index in [2.05, 4.69) is 18.3 Å². The molecular formula is C30H29ClN2O6. The Balaban J connectivity index is 1.49. The zero-order chi connectivity index (χ0) is 27.9. The smallest absolute Gasteiger partial charge is 0.335 e. The molecule has 9 heteroatoms. The highest BCUT2D eigenvalue weighted by Crippen LogP contribution is 2.30. The molecule has 1 aliphatic rings. The van der Waals surface area contributed by atoms with Crippen LogP contribution in [0.15, 0.2) is 66.2 Å². The molecule has 0 aliphatic carbocycles. The van der Waals surface area contributed by atoms with E-state index in [0.717, 1.165) is 22.6 Å². The molecule has 0 saturated carbocycles. The lowest BCUT2D eigenvalue weighted by atomic mass is 10.1. The first-order valence-corrected chi connectivity index (χ1v) is 13.0. The molecule has 3 aromatic carbocycles. The lowest BCUT2D eigenvalue weighted by Crippen LogP contribution is -2.54. The van der Waals surface area contributed by atoms with Crippen molar-refractivity contribution >= 4 is 41.2 Å². The molecule has 202 valence electrons. The van der Waals surface area contributed by atoms with Crippen molar-refractivity contribution in [2.75, 3.05) is 24.7 Å². The van der Waals surface area contributed by atoms with Crippen LogP contribution in [0.4, 0.5) is 10.5 Å². The summed E-state index contributed by atoms with van der Waals surface area (Å²) in [6.07, 6.45) is 2.34. The third-order valence-corrected chi connectivity index (χ3v) is 6.15. The average Bonchev–Trinajstić information content (AvgIpc) is 2.90. The molecule has 39 heavy (non-hydrogen) atoms. The highest BCUT2D eigenvalue weighted by Gasteiger charge is 2.36. The van der Waals surface area contributed by atoms with E-state index in [0.29, 0.717) is 35.3 Å². The first-order chi connectivity index (χ1) is 18.8. The fraction of sp³-hybridized carbons (Fsp3) is 0.233. The van der Waals surface area contributed by atoms with Gasteiger partial charge in [0.15, 0.2) is 11.5 Å². The average molecular weight is 549 g/mol. The second-order valence-corrected chi connectivity index (χ2v) is 9.21. The van der Waals surface area contributed by atoms with E-state index in [-0.39, 0.29) is 17.9 Å². The largest absolute Gasteiger partial charge is 0.490 e. The fourth-order valence-corrected chi connectivity index (χ4v) is 4.20. The van der Waals surface area contributed by atoms with E-state index in [1.165, 1.54) is 23.8 Å². The summed E-state index contributed by atoms with van der Waals surface area (Å²) in [5.74, 6) is 0.212. The number of nitrogens with one attached hydrogen (secondary N) is 1. The summed E-state index contributed by atoms with van der Waals surface area (Å²) in [6.45, 7) is 6.98. The summed E-state index contributed by atoms with van der Waals surface area (Å²) >= 11 is 5.92. The molecule has 1 N–H and O–H groups in total. The van der Waals surface area contributed by atoms with Crippen LogP contribution < -0.4 is 24.4 Å². The van der Waals surface area contributed by atoms with Gasteiger partial charge >= 0.3 is 6.03 Å². The van der Waals surface area contributed by atoms with Crippen LogP contribution in [0.5, 0.6) is 17.2 Å². The quantitative estimate of drug-likeness (QED) is 0.197. The number of benzene rings is 3. The Hall–Kier alpha value is -4.30. The number of amides is 4. The molecule has 1 fully saturated rings. The van der Waals surface area contributed by atoms with Crippen LogP contribution in [0.2, 0.25) is 5.02 Å². The van der Waals surface area contributed by atoms with Gasteiger partial charge in [-0.05, 0) is 91.6 Å². The van der Waals surface area contributed by atoms with Crippen LogP contribution in [0.25, 0.3) is 6.08 Å². The van der Waals surface area contributed by atoms with E-state index >= 15 is 0 Å². The van der Waals surface area contributed by atoms with Gasteiger partial charge in [0.05, 0.1) is 12.3 Å². The van der Waals surface area contributed by atoms with E-state index in [9.17, 15) is 14.4 Å². The van der Waals surface area contributed by atoms with Gasteiger partial charge in [-0.2, -0.15) is 0 Å². The van der Waals surface area contributed by atoms with Gasteiger partial charge in [-0.1, -0.05) is 30.7 Å². The molecule has 1 heterocycles. The van der Waals surface area contributed by atoms with Gasteiger partial charge in [-0.15, -0.1) is 0 Å². The number of hydrogen-bond acceptors (Lipinski definition) is 6. The monoisotopic (exact) mass is 548 g/mol. The standard InChI is InChI=1S/C30H29ClN2O6/c1-4-20-14-19(3)15-24(16-20)38-12-13-39-26-11-6-21(18-27(26)37-5-2)17-25-28(34)32-30(36)33(29(25)35)23-9-7-22(31)8-10-23/h6-11,14-18H,4-5,12-13H2,1-3H3,(H,32,34,36). The van der Waals surface area contributed by atoms with Crippen LogP contribution in [-0.2, 0) is 16.0 Å². The first kappa shape index (κ1) is 27.7. The number of ether oxygens (including phenoxy) is 3. The molecule has 3 aromatic rings. The van der Waals surface area contributed by atoms with Crippen LogP contribution in [0, 0.1) is 6.92 Å². The third kappa shape index (κ3) is 6.78. The molecule has 4 amide bonds. The molecule has 1 aliphatic heterocycles. The Morgan fingerprint density at radius 1 is 0.872 bits per heavy atom. The number of nitrogens with zero attached hydrogens (tertiary/aromatic N) is 1. The van der Waals surface area contributed by atoms with Crippen molar-refractivity contribution in [1.82, 2.24) is 5.32 Å². The first-order valence-electron chi connectivity index (χ1n) is 12.6. The molecule has 0 unspecified atom stereocenters. The number of hydrogen-bond donors (Lipinski definition) is 1. The van der Waals surface area contributed by atoms with Crippen molar-refractivity contribution < 1.29 is 28.6 Å². The third-order valence-electron chi connectivity index (χ3n) is 5.89. The highest BCUT2D eigenvalue weighted by atomic mass is 35.5. The number of aryl methyl sites for hydroxylation is 2. The van der Waals surface area contributed by atoms with E-state index in [1.807, 2.05) is 26.0 Å².